The summed E-state index contributed by atoms with van der Waals surface area (Å²) in [5.74, 6) is -2.34. The molecule has 0 aromatic rings. The van der Waals surface area contributed by atoms with Crippen LogP contribution in [0.15, 0.2) is 158 Å². The molecule has 0 aromatic carbocycles. The van der Waals surface area contributed by atoms with Crippen LogP contribution in [-0.2, 0) is 65.4 Å². The van der Waals surface area contributed by atoms with Crippen molar-refractivity contribution in [3.63, 3.8) is 0 Å². The maximum Gasteiger partial charge on any atom is 0.472 e. The van der Waals surface area contributed by atoms with Crippen molar-refractivity contribution in [2.45, 2.75) is 303 Å². The monoisotopic (exact) mass is 1470 g/mol. The Balaban J connectivity index is 5.47. The van der Waals surface area contributed by atoms with Crippen LogP contribution in [0.4, 0.5) is 0 Å². The molecular weight excluding hydrogens is 1330 g/mol. The molecule has 19 heteroatoms. The molecule has 0 fully saturated rings. The van der Waals surface area contributed by atoms with Gasteiger partial charge in [-0.15, -0.1) is 0 Å². The van der Waals surface area contributed by atoms with Crippen LogP contribution in [0.1, 0.15) is 285 Å². The van der Waals surface area contributed by atoms with Gasteiger partial charge >= 0.3 is 39.5 Å². The third kappa shape index (κ3) is 73.0. The number of hydrogen-bond donors (Lipinski definition) is 3. The summed E-state index contributed by atoms with van der Waals surface area (Å²) in [6, 6.07) is 0. The van der Waals surface area contributed by atoms with Crippen molar-refractivity contribution < 1.29 is 80.2 Å². The van der Waals surface area contributed by atoms with Crippen molar-refractivity contribution in [2.75, 3.05) is 39.6 Å². The van der Waals surface area contributed by atoms with Gasteiger partial charge in [-0.1, -0.05) is 282 Å². The highest BCUT2D eigenvalue weighted by atomic mass is 31.2. The number of aliphatic hydroxyl groups is 1. The molecule has 0 heterocycles. The molecule has 102 heavy (non-hydrogen) atoms. The lowest BCUT2D eigenvalue weighted by Crippen LogP contribution is -2.30. The number of carbonyl (C=O) groups excluding carboxylic acids is 4. The van der Waals surface area contributed by atoms with Crippen molar-refractivity contribution in [3.05, 3.63) is 158 Å². The lowest BCUT2D eigenvalue weighted by atomic mass is 10.0. The third-order valence-electron chi connectivity index (χ3n) is 15.5. The highest BCUT2D eigenvalue weighted by Gasteiger charge is 2.30. The van der Waals surface area contributed by atoms with E-state index in [1.54, 1.807) is 0 Å². The summed E-state index contributed by atoms with van der Waals surface area (Å²) in [5, 5.41) is 10.6. The smallest absolute Gasteiger partial charge is 0.462 e. The highest BCUT2D eigenvalue weighted by molar-refractivity contribution is 7.47. The average Bonchev–Trinajstić information content (AvgIpc) is 0.939. The van der Waals surface area contributed by atoms with Gasteiger partial charge in [-0.2, -0.15) is 0 Å². The molecule has 0 aliphatic rings. The Morgan fingerprint density at radius 3 is 0.814 bits per heavy atom. The predicted octanol–water partition coefficient (Wildman–Crippen LogP) is 22.4. The second kappa shape index (κ2) is 74.0. The van der Waals surface area contributed by atoms with Crippen molar-refractivity contribution in [3.8, 4) is 0 Å². The topological polar surface area (TPSA) is 237 Å². The molecule has 0 saturated carbocycles. The minimum Gasteiger partial charge on any atom is -0.462 e. The van der Waals surface area contributed by atoms with Crippen molar-refractivity contribution in [2.24, 2.45) is 0 Å². The quantitative estimate of drug-likeness (QED) is 0.0169. The molecule has 0 spiro atoms. The fourth-order valence-electron chi connectivity index (χ4n) is 9.72. The fraction of sp³-hybridized carbons (Fsp3) is 0.639. The Bertz CT molecular complexity index is 2550. The number of rotatable bonds is 71. The number of hydrogen-bond acceptors (Lipinski definition) is 15. The van der Waals surface area contributed by atoms with Crippen LogP contribution >= 0.6 is 15.6 Å². The lowest BCUT2D eigenvalue weighted by molar-refractivity contribution is -0.161. The van der Waals surface area contributed by atoms with E-state index in [1.165, 1.54) is 51.4 Å². The molecule has 3 N–H and O–H groups in total. The minimum absolute atomic E-state index is 0.0571. The number of phosphoric ester groups is 2. The summed E-state index contributed by atoms with van der Waals surface area (Å²) in [4.78, 5) is 72.9. The van der Waals surface area contributed by atoms with Gasteiger partial charge < -0.3 is 33.8 Å². The average molecular weight is 1470 g/mol. The molecule has 0 aromatic heterocycles. The molecular formula is C83H136O17P2. The number of aliphatic hydroxyl groups excluding tert-OH is 1. The number of carbonyl (C=O) groups is 4. The van der Waals surface area contributed by atoms with E-state index in [-0.39, 0.29) is 25.7 Å². The number of unbranched alkanes of at least 4 members (excludes halogenated alkanes) is 19. The minimum atomic E-state index is -5.00. The number of esters is 4. The van der Waals surface area contributed by atoms with Crippen LogP contribution in [0.3, 0.4) is 0 Å². The van der Waals surface area contributed by atoms with Gasteiger partial charge in [0.2, 0.25) is 0 Å². The molecule has 17 nitrogen and oxygen atoms in total. The zero-order valence-corrected chi connectivity index (χ0v) is 65.0. The van der Waals surface area contributed by atoms with Gasteiger partial charge in [0.25, 0.3) is 0 Å². The van der Waals surface area contributed by atoms with Crippen LogP contribution in [0, 0.1) is 0 Å². The highest BCUT2D eigenvalue weighted by Crippen LogP contribution is 2.45. The van der Waals surface area contributed by atoms with Gasteiger partial charge in [0, 0.05) is 25.7 Å². The fourth-order valence-corrected chi connectivity index (χ4v) is 11.3. The van der Waals surface area contributed by atoms with Gasteiger partial charge in [-0.3, -0.25) is 37.3 Å². The predicted molar refractivity (Wildman–Crippen MR) is 417 cm³/mol. The second-order valence-corrected chi connectivity index (χ2v) is 28.1. The Morgan fingerprint density at radius 1 is 0.284 bits per heavy atom. The summed E-state index contributed by atoms with van der Waals surface area (Å²) >= 11 is 0. The van der Waals surface area contributed by atoms with E-state index in [4.69, 9.17) is 37.0 Å². The number of ether oxygens (including phenoxy) is 4. The zero-order chi connectivity index (χ0) is 74.6. The first-order valence-corrected chi connectivity index (χ1v) is 41.7. The Kier molecular flexibility index (Phi) is 70.1. The van der Waals surface area contributed by atoms with E-state index in [9.17, 15) is 43.2 Å². The van der Waals surface area contributed by atoms with Gasteiger partial charge in [-0.05, 0) is 135 Å². The Morgan fingerprint density at radius 2 is 0.520 bits per heavy atom. The number of allylic oxidation sites excluding steroid dienone is 26. The van der Waals surface area contributed by atoms with E-state index in [1.807, 2.05) is 24.3 Å². The molecule has 0 bridgehead atoms. The normalized spacial score (nSPS) is 14.8. The maximum atomic E-state index is 13.1. The lowest BCUT2D eigenvalue weighted by Gasteiger charge is -2.21. The maximum absolute atomic E-state index is 13.1. The molecule has 0 radical (unpaired) electrons. The molecule has 0 saturated heterocycles. The zero-order valence-electron chi connectivity index (χ0n) is 63.2. The van der Waals surface area contributed by atoms with E-state index < -0.39 is 97.5 Å². The van der Waals surface area contributed by atoms with E-state index in [2.05, 4.69) is 161 Å². The van der Waals surface area contributed by atoms with Crippen LogP contribution < -0.4 is 0 Å². The van der Waals surface area contributed by atoms with Crippen LogP contribution in [0.2, 0.25) is 0 Å². The Hall–Kier alpha value is -5.32. The van der Waals surface area contributed by atoms with E-state index >= 15 is 0 Å². The summed E-state index contributed by atoms with van der Waals surface area (Å²) in [6.07, 6.45) is 85.3. The first-order chi connectivity index (χ1) is 49.7. The Labute approximate surface area is 617 Å². The molecule has 0 rings (SSSR count). The SMILES string of the molecule is CC/C=C\C/C=C\C/C=C\C/C=C\C/C=C\CCCC(=O)OCC(COP(=O)(O)OCC(O)COP(=O)(O)OCC(COC(=O)CCC/C=C\C/C=C\C/C=C\C/C=C\C/C=C\CC)OC(=O)CCCCCCCCCCCCCCC)OC(=O)CCCCCCC/C=C\C/C=C\C/C=C\CC. The first-order valence-electron chi connectivity index (χ1n) is 38.7. The van der Waals surface area contributed by atoms with Gasteiger partial charge in [0.1, 0.15) is 19.3 Å². The van der Waals surface area contributed by atoms with Gasteiger partial charge in [-0.25, -0.2) is 9.13 Å². The van der Waals surface area contributed by atoms with Crippen LogP contribution in [-0.4, -0.2) is 96.7 Å². The van der Waals surface area contributed by atoms with Gasteiger partial charge in [0.05, 0.1) is 26.4 Å². The third-order valence-corrected chi connectivity index (χ3v) is 17.4. The summed E-state index contributed by atoms with van der Waals surface area (Å²) in [7, 11) is -10.00. The van der Waals surface area contributed by atoms with Crippen molar-refractivity contribution in [1.29, 1.82) is 0 Å². The van der Waals surface area contributed by atoms with E-state index in [0.717, 1.165) is 141 Å². The molecule has 0 amide bonds. The molecule has 5 atom stereocenters. The van der Waals surface area contributed by atoms with Crippen LogP contribution in [0.5, 0.6) is 0 Å². The summed E-state index contributed by atoms with van der Waals surface area (Å²) < 4.78 is 68.4. The second-order valence-electron chi connectivity index (χ2n) is 25.2. The summed E-state index contributed by atoms with van der Waals surface area (Å²) in [6.45, 7) is 4.37. The van der Waals surface area contributed by atoms with Crippen molar-refractivity contribution >= 4 is 39.5 Å². The first kappa shape index (κ1) is 96.7. The number of phosphoric acid groups is 2. The summed E-state index contributed by atoms with van der Waals surface area (Å²) in [5.41, 5.74) is 0. The van der Waals surface area contributed by atoms with Crippen LogP contribution in [0.25, 0.3) is 0 Å². The standard InChI is InChI=1S/C83H136O17P2/c1-5-9-13-17-21-25-29-33-36-38-41-44-47-51-55-59-63-67-80(85)93-73-78(99-82(87)69-65-61-57-53-49-43-32-28-24-20-16-12-8-4)75-97-101(89,90)95-71-77(84)72-96-102(91,92)98-76-79(100-83(88)70-66-62-58-54-50-46-40-35-31-27-23-19-15-11-7-3)74-94-81(86)68-64-60-56-52-48-45-42-39-37-34-30-26-22-18-14-10-6-2/h9-11,13-15,21-23,25-27,33-37,40-42,44-45,51-52,55-56,77-79,84H,5-8,12,16-20,24,28-32,38-39,43,46-50,53-54,57-76H2,1-4H3,(H,89,90)(H,91,92)/b13-9-,14-10-,15-11-,25-21-,26-22-,27-23-,36-33-,37-34-,40-35-,44-41-,45-42-,55-51-,56-52-. The van der Waals surface area contributed by atoms with Gasteiger partial charge in [0.15, 0.2) is 12.2 Å². The molecule has 580 valence electrons. The largest absolute Gasteiger partial charge is 0.472 e. The molecule has 0 aliphatic carbocycles. The molecule has 0 aliphatic heterocycles. The van der Waals surface area contributed by atoms with E-state index in [0.29, 0.717) is 38.5 Å². The van der Waals surface area contributed by atoms with Crippen molar-refractivity contribution in [1.82, 2.24) is 0 Å². The molecule has 5 unspecified atom stereocenters.